The molecule has 2 aromatic rings. The minimum atomic E-state index is -0.400. The van der Waals surface area contributed by atoms with Gasteiger partial charge in [0.25, 0.3) is 0 Å². The van der Waals surface area contributed by atoms with E-state index >= 15 is 0 Å². The number of ether oxygens (including phenoxy) is 2. The smallest absolute Gasteiger partial charge is 0.323 e. The SMILES string of the molecule is COc1cc(NC(=O)N/C=C/c2ccccc2C)c(OC)cc1Cl. The Morgan fingerprint density at radius 2 is 1.83 bits per heavy atom. The maximum Gasteiger partial charge on any atom is 0.323 e. The Balaban J connectivity index is 2.06. The third-order valence-corrected chi connectivity index (χ3v) is 3.68. The molecule has 2 N–H and O–H groups in total. The average molecular weight is 347 g/mol. The molecule has 6 heteroatoms. The summed E-state index contributed by atoms with van der Waals surface area (Å²) in [5.41, 5.74) is 2.61. The van der Waals surface area contributed by atoms with Crippen LogP contribution < -0.4 is 20.1 Å². The average Bonchev–Trinajstić information content (AvgIpc) is 2.57. The van der Waals surface area contributed by atoms with Gasteiger partial charge in [-0.2, -0.15) is 0 Å². The standard InChI is InChI=1S/C18H19ClN2O3/c1-12-6-4-5-7-13(12)8-9-20-18(22)21-15-11-16(23-2)14(19)10-17(15)24-3/h4-11H,1-3H3,(H2,20,21,22)/b9-8+. The summed E-state index contributed by atoms with van der Waals surface area (Å²) >= 11 is 6.04. The fraction of sp³-hybridized carbons (Fsp3) is 0.167. The second-order valence-electron chi connectivity index (χ2n) is 4.98. The highest BCUT2D eigenvalue weighted by Gasteiger charge is 2.11. The lowest BCUT2D eigenvalue weighted by Crippen LogP contribution is -2.24. The third-order valence-electron chi connectivity index (χ3n) is 3.39. The lowest BCUT2D eigenvalue weighted by Gasteiger charge is -2.12. The Hall–Kier alpha value is -2.66. The number of hydrogen-bond donors (Lipinski definition) is 2. The summed E-state index contributed by atoms with van der Waals surface area (Å²) in [5, 5.41) is 5.75. The van der Waals surface area contributed by atoms with E-state index in [1.165, 1.54) is 14.2 Å². The van der Waals surface area contributed by atoms with Gasteiger partial charge in [-0.3, -0.25) is 0 Å². The van der Waals surface area contributed by atoms with Crippen molar-refractivity contribution in [2.45, 2.75) is 6.92 Å². The predicted octanol–water partition coefficient (Wildman–Crippen LogP) is 4.46. The van der Waals surface area contributed by atoms with E-state index in [0.717, 1.165) is 11.1 Å². The van der Waals surface area contributed by atoms with Crippen LogP contribution in [-0.2, 0) is 0 Å². The Labute approximate surface area is 146 Å². The zero-order valence-corrected chi connectivity index (χ0v) is 14.5. The first-order valence-corrected chi connectivity index (χ1v) is 7.64. The normalized spacial score (nSPS) is 10.5. The number of methoxy groups -OCH3 is 2. The van der Waals surface area contributed by atoms with Crippen LogP contribution in [0.1, 0.15) is 11.1 Å². The molecule has 2 rings (SSSR count). The van der Waals surface area contributed by atoms with Crippen molar-refractivity contribution in [3.05, 3.63) is 58.7 Å². The Kier molecular flexibility index (Phi) is 6.09. The van der Waals surface area contributed by atoms with Crippen LogP contribution in [-0.4, -0.2) is 20.3 Å². The molecule has 0 saturated heterocycles. The lowest BCUT2D eigenvalue weighted by atomic mass is 10.1. The molecule has 5 nitrogen and oxygen atoms in total. The molecule has 2 aromatic carbocycles. The van der Waals surface area contributed by atoms with Crippen LogP contribution >= 0.6 is 11.6 Å². The molecule has 0 fully saturated rings. The molecule has 0 spiro atoms. The van der Waals surface area contributed by atoms with Crippen molar-refractivity contribution >= 4 is 29.4 Å². The van der Waals surface area contributed by atoms with Crippen molar-refractivity contribution < 1.29 is 14.3 Å². The summed E-state index contributed by atoms with van der Waals surface area (Å²) < 4.78 is 10.4. The fourth-order valence-corrected chi connectivity index (χ4v) is 2.33. The van der Waals surface area contributed by atoms with E-state index in [2.05, 4.69) is 10.6 Å². The third kappa shape index (κ3) is 4.43. The van der Waals surface area contributed by atoms with Gasteiger partial charge in [-0.1, -0.05) is 35.9 Å². The minimum absolute atomic E-state index is 0.400. The predicted molar refractivity (Wildman–Crippen MR) is 96.9 cm³/mol. The van der Waals surface area contributed by atoms with Crippen molar-refractivity contribution in [1.82, 2.24) is 5.32 Å². The number of rotatable bonds is 5. The topological polar surface area (TPSA) is 59.6 Å². The summed E-state index contributed by atoms with van der Waals surface area (Å²) in [5.74, 6) is 0.891. The van der Waals surface area contributed by atoms with Crippen LogP contribution in [0.4, 0.5) is 10.5 Å². The maximum absolute atomic E-state index is 12.0. The zero-order chi connectivity index (χ0) is 17.5. The van der Waals surface area contributed by atoms with Gasteiger partial charge in [0, 0.05) is 18.3 Å². The molecule has 0 bridgehead atoms. The number of hydrogen-bond acceptors (Lipinski definition) is 3. The molecule has 0 aromatic heterocycles. The van der Waals surface area contributed by atoms with E-state index in [1.54, 1.807) is 18.3 Å². The summed E-state index contributed by atoms with van der Waals surface area (Å²) in [6, 6.07) is 10.7. The van der Waals surface area contributed by atoms with Gasteiger partial charge in [0.15, 0.2) is 0 Å². The van der Waals surface area contributed by atoms with E-state index in [4.69, 9.17) is 21.1 Å². The number of nitrogens with one attached hydrogen (secondary N) is 2. The maximum atomic E-state index is 12.0. The molecule has 24 heavy (non-hydrogen) atoms. The van der Waals surface area contributed by atoms with Gasteiger partial charge in [0.2, 0.25) is 0 Å². The van der Waals surface area contributed by atoms with Gasteiger partial charge >= 0.3 is 6.03 Å². The summed E-state index contributed by atoms with van der Waals surface area (Å²) in [4.78, 5) is 12.0. The molecular weight excluding hydrogens is 328 g/mol. The van der Waals surface area contributed by atoms with Crippen molar-refractivity contribution in [1.29, 1.82) is 0 Å². The van der Waals surface area contributed by atoms with Gasteiger partial charge < -0.3 is 20.1 Å². The lowest BCUT2D eigenvalue weighted by molar-refractivity contribution is 0.255. The first kappa shape index (κ1) is 17.7. The monoisotopic (exact) mass is 346 g/mol. The van der Waals surface area contributed by atoms with Gasteiger partial charge in [-0.25, -0.2) is 4.79 Å². The van der Waals surface area contributed by atoms with Crippen LogP contribution in [0.25, 0.3) is 6.08 Å². The molecule has 0 radical (unpaired) electrons. The molecule has 0 aliphatic carbocycles. The van der Waals surface area contributed by atoms with Crippen molar-refractivity contribution in [3.63, 3.8) is 0 Å². The quantitative estimate of drug-likeness (QED) is 0.840. The van der Waals surface area contributed by atoms with Gasteiger partial charge in [-0.15, -0.1) is 0 Å². The molecule has 0 aliphatic rings. The molecule has 0 unspecified atom stereocenters. The number of aryl methyl sites for hydroxylation is 1. The van der Waals surface area contributed by atoms with Crippen LogP contribution in [0.2, 0.25) is 5.02 Å². The number of anilines is 1. The van der Waals surface area contributed by atoms with Crippen LogP contribution in [0.15, 0.2) is 42.6 Å². The number of benzene rings is 2. The van der Waals surface area contributed by atoms with E-state index in [-0.39, 0.29) is 0 Å². The van der Waals surface area contributed by atoms with Gasteiger partial charge in [-0.05, 0) is 24.1 Å². The van der Waals surface area contributed by atoms with Gasteiger partial charge in [0.1, 0.15) is 11.5 Å². The number of urea groups is 1. The largest absolute Gasteiger partial charge is 0.495 e. The van der Waals surface area contributed by atoms with E-state index in [0.29, 0.717) is 22.2 Å². The van der Waals surface area contributed by atoms with Crippen molar-refractivity contribution in [3.8, 4) is 11.5 Å². The molecule has 0 atom stereocenters. The summed E-state index contributed by atoms with van der Waals surface area (Å²) in [6.07, 6.45) is 3.41. The first-order chi connectivity index (χ1) is 11.5. The molecule has 0 saturated carbocycles. The van der Waals surface area contributed by atoms with Gasteiger partial charge in [0.05, 0.1) is 24.9 Å². The second kappa shape index (κ2) is 8.26. The molecular formula is C18H19ClN2O3. The van der Waals surface area contributed by atoms with Crippen LogP contribution in [0.5, 0.6) is 11.5 Å². The first-order valence-electron chi connectivity index (χ1n) is 7.26. The highest BCUT2D eigenvalue weighted by molar-refractivity contribution is 6.32. The van der Waals surface area contributed by atoms with Crippen LogP contribution in [0.3, 0.4) is 0 Å². The van der Waals surface area contributed by atoms with Crippen molar-refractivity contribution in [2.75, 3.05) is 19.5 Å². The fourth-order valence-electron chi connectivity index (χ4n) is 2.10. The number of halogens is 1. The van der Waals surface area contributed by atoms with E-state index < -0.39 is 6.03 Å². The van der Waals surface area contributed by atoms with E-state index in [9.17, 15) is 4.79 Å². The number of carbonyl (C=O) groups is 1. The van der Waals surface area contributed by atoms with Crippen LogP contribution in [0, 0.1) is 6.92 Å². The summed E-state index contributed by atoms with van der Waals surface area (Å²) in [7, 11) is 3.00. The Bertz CT molecular complexity index is 760. The van der Waals surface area contributed by atoms with Crippen molar-refractivity contribution in [2.24, 2.45) is 0 Å². The number of carbonyl (C=O) groups excluding carboxylic acids is 1. The molecule has 2 amide bonds. The highest BCUT2D eigenvalue weighted by Crippen LogP contribution is 2.35. The zero-order valence-electron chi connectivity index (χ0n) is 13.7. The number of amides is 2. The van der Waals surface area contributed by atoms with E-state index in [1.807, 2.05) is 37.3 Å². The molecule has 126 valence electrons. The second-order valence-corrected chi connectivity index (χ2v) is 5.38. The molecule has 0 aliphatic heterocycles. The molecule has 0 heterocycles. The Morgan fingerprint density at radius 1 is 1.12 bits per heavy atom. The highest BCUT2D eigenvalue weighted by atomic mass is 35.5. The summed E-state index contributed by atoms with van der Waals surface area (Å²) in [6.45, 7) is 2.00. The Morgan fingerprint density at radius 3 is 2.50 bits per heavy atom. The minimum Gasteiger partial charge on any atom is -0.495 e.